The van der Waals surface area contributed by atoms with Crippen molar-refractivity contribution >= 4 is 49.3 Å². The van der Waals surface area contributed by atoms with Crippen molar-refractivity contribution in [3.63, 3.8) is 0 Å². The van der Waals surface area contributed by atoms with Crippen LogP contribution in [0.1, 0.15) is 5.56 Å². The summed E-state index contributed by atoms with van der Waals surface area (Å²) in [5, 5.41) is 2.08. The Hall–Kier alpha value is -1.28. The minimum absolute atomic E-state index is 0.00245. The van der Waals surface area contributed by atoms with E-state index in [1.165, 1.54) is 22.8 Å². The molecule has 0 aliphatic heterocycles. The lowest BCUT2D eigenvalue weighted by molar-refractivity contribution is 0.415. The van der Waals surface area contributed by atoms with Crippen molar-refractivity contribution in [3.05, 3.63) is 45.5 Å². The van der Waals surface area contributed by atoms with E-state index < -0.39 is 9.84 Å². The molecule has 0 spiro atoms. The Balaban J connectivity index is 2.02. The van der Waals surface area contributed by atoms with Crippen LogP contribution in [0, 0.1) is 0 Å². The van der Waals surface area contributed by atoms with Gasteiger partial charge in [0.2, 0.25) is 9.84 Å². The lowest BCUT2D eigenvalue weighted by Crippen LogP contribution is -2.08. The lowest BCUT2D eigenvalue weighted by atomic mass is 10.2. The summed E-state index contributed by atoms with van der Waals surface area (Å²) >= 11 is 13.3. The summed E-state index contributed by atoms with van der Waals surface area (Å²) in [4.78, 5) is 4.59. The minimum atomic E-state index is -3.66. The highest BCUT2D eigenvalue weighted by Crippen LogP contribution is 2.30. The fourth-order valence-corrected chi connectivity index (χ4v) is 5.23. The van der Waals surface area contributed by atoms with Crippen LogP contribution in [-0.2, 0) is 15.6 Å². The molecule has 0 aliphatic rings. The van der Waals surface area contributed by atoms with Gasteiger partial charge < -0.3 is 4.74 Å². The Morgan fingerprint density at radius 3 is 2.82 bits per heavy atom. The van der Waals surface area contributed by atoms with Crippen molar-refractivity contribution in [2.24, 2.45) is 0 Å². The average Bonchev–Trinajstić information content (AvgIpc) is 2.97. The van der Waals surface area contributed by atoms with Gasteiger partial charge in [-0.05, 0) is 17.7 Å². The van der Waals surface area contributed by atoms with Gasteiger partial charge in [-0.1, -0.05) is 29.3 Å². The predicted molar refractivity (Wildman–Crippen MR) is 87.0 cm³/mol. The van der Waals surface area contributed by atoms with Gasteiger partial charge in [0.05, 0.1) is 17.9 Å². The second kappa shape index (κ2) is 5.73. The summed E-state index contributed by atoms with van der Waals surface area (Å²) in [6.07, 6.45) is 1.63. The SMILES string of the molecule is COc1ccc(CS(=O)(=O)c2c(Cl)nc3sccn23)cc1Cl. The Bertz CT molecular complexity index is 948. The normalized spacial score (nSPS) is 12.0. The molecule has 0 atom stereocenters. The maximum absolute atomic E-state index is 12.6. The van der Waals surface area contributed by atoms with Gasteiger partial charge in [0.15, 0.2) is 15.1 Å². The van der Waals surface area contributed by atoms with Crippen molar-refractivity contribution in [3.8, 4) is 5.75 Å². The smallest absolute Gasteiger partial charge is 0.201 e. The molecule has 0 saturated carbocycles. The zero-order chi connectivity index (χ0) is 15.9. The van der Waals surface area contributed by atoms with Crippen LogP contribution in [0.5, 0.6) is 5.75 Å². The molecule has 0 N–H and O–H groups in total. The molecule has 9 heteroatoms. The number of hydrogen-bond donors (Lipinski definition) is 0. The highest BCUT2D eigenvalue weighted by Gasteiger charge is 2.25. The zero-order valence-electron chi connectivity index (χ0n) is 11.3. The van der Waals surface area contributed by atoms with Crippen LogP contribution >= 0.6 is 34.5 Å². The van der Waals surface area contributed by atoms with Crippen LogP contribution in [0.2, 0.25) is 10.2 Å². The first kappa shape index (κ1) is 15.6. The molecule has 22 heavy (non-hydrogen) atoms. The second-order valence-corrected chi connectivity index (χ2v) is 8.03. The maximum atomic E-state index is 12.6. The predicted octanol–water partition coefficient (Wildman–Crippen LogP) is 3.69. The minimum Gasteiger partial charge on any atom is -0.495 e. The number of hydrogen-bond acceptors (Lipinski definition) is 5. The van der Waals surface area contributed by atoms with E-state index in [0.717, 1.165) is 0 Å². The summed E-state index contributed by atoms with van der Waals surface area (Å²) in [6, 6.07) is 4.85. The number of nitrogens with zero attached hydrogens (tertiary/aromatic N) is 2. The fourth-order valence-electron chi connectivity index (χ4n) is 2.10. The first-order valence-corrected chi connectivity index (χ1v) is 9.37. The molecule has 0 bridgehead atoms. The average molecular weight is 377 g/mol. The second-order valence-electron chi connectivity index (χ2n) is 4.49. The molecule has 0 aliphatic carbocycles. The first-order valence-electron chi connectivity index (χ1n) is 6.08. The van der Waals surface area contributed by atoms with Crippen molar-refractivity contribution in [2.75, 3.05) is 7.11 Å². The number of aromatic nitrogens is 2. The Kier molecular flexibility index (Phi) is 4.07. The molecule has 0 fully saturated rings. The molecule has 5 nitrogen and oxygen atoms in total. The Morgan fingerprint density at radius 2 is 2.14 bits per heavy atom. The van der Waals surface area contributed by atoms with Gasteiger partial charge in [-0.2, -0.15) is 0 Å². The number of halogens is 2. The van der Waals surface area contributed by atoms with Crippen molar-refractivity contribution in [1.82, 2.24) is 9.38 Å². The van der Waals surface area contributed by atoms with Crippen molar-refractivity contribution in [1.29, 1.82) is 0 Å². The number of rotatable bonds is 4. The van der Waals surface area contributed by atoms with E-state index in [0.29, 0.717) is 21.3 Å². The van der Waals surface area contributed by atoms with E-state index in [-0.39, 0.29) is 15.9 Å². The number of sulfone groups is 1. The van der Waals surface area contributed by atoms with E-state index in [1.807, 2.05) is 0 Å². The van der Waals surface area contributed by atoms with Crippen molar-refractivity contribution in [2.45, 2.75) is 10.8 Å². The van der Waals surface area contributed by atoms with E-state index in [4.69, 9.17) is 27.9 Å². The van der Waals surface area contributed by atoms with Gasteiger partial charge in [-0.15, -0.1) is 11.3 Å². The molecule has 0 saturated heterocycles. The lowest BCUT2D eigenvalue weighted by Gasteiger charge is -2.07. The summed E-state index contributed by atoms with van der Waals surface area (Å²) in [5.74, 6) is 0.269. The van der Waals surface area contributed by atoms with Crippen LogP contribution in [0.3, 0.4) is 0 Å². The van der Waals surface area contributed by atoms with Gasteiger partial charge in [0.1, 0.15) is 5.75 Å². The van der Waals surface area contributed by atoms with Crippen LogP contribution < -0.4 is 4.74 Å². The first-order chi connectivity index (χ1) is 10.4. The number of methoxy groups -OCH3 is 1. The quantitative estimate of drug-likeness (QED) is 0.696. The van der Waals surface area contributed by atoms with Crippen LogP contribution in [0.4, 0.5) is 0 Å². The number of imidazole rings is 1. The third-order valence-corrected chi connectivity index (χ3v) is 6.17. The molecule has 116 valence electrons. The molecule has 0 unspecified atom stereocenters. The molecule has 3 rings (SSSR count). The van der Waals surface area contributed by atoms with E-state index in [1.54, 1.807) is 29.8 Å². The molecule has 1 aromatic carbocycles. The number of thiazole rings is 1. The monoisotopic (exact) mass is 376 g/mol. The summed E-state index contributed by atoms with van der Waals surface area (Å²) in [7, 11) is -2.16. The highest BCUT2D eigenvalue weighted by atomic mass is 35.5. The van der Waals surface area contributed by atoms with E-state index >= 15 is 0 Å². The van der Waals surface area contributed by atoms with Gasteiger partial charge >= 0.3 is 0 Å². The molecule has 2 heterocycles. The van der Waals surface area contributed by atoms with E-state index in [2.05, 4.69) is 4.98 Å². The summed E-state index contributed by atoms with van der Waals surface area (Å²) in [6.45, 7) is 0. The van der Waals surface area contributed by atoms with Crippen molar-refractivity contribution < 1.29 is 13.2 Å². The fraction of sp³-hybridized carbons (Fsp3) is 0.154. The van der Waals surface area contributed by atoms with Crippen LogP contribution in [0.25, 0.3) is 4.96 Å². The topological polar surface area (TPSA) is 60.7 Å². The molecular weight excluding hydrogens is 367 g/mol. The van der Waals surface area contributed by atoms with E-state index in [9.17, 15) is 8.42 Å². The highest BCUT2D eigenvalue weighted by molar-refractivity contribution is 7.90. The zero-order valence-corrected chi connectivity index (χ0v) is 14.4. The molecule has 0 amide bonds. The Labute approximate surface area is 141 Å². The van der Waals surface area contributed by atoms with Gasteiger partial charge in [-0.3, -0.25) is 4.40 Å². The third kappa shape index (κ3) is 2.69. The standard InChI is InChI=1S/C13H10Cl2N2O3S2/c1-20-10-3-2-8(6-9(10)14)7-22(18,19)12-11(15)16-13-17(12)4-5-21-13/h2-6H,7H2,1H3. The van der Waals surface area contributed by atoms with Gasteiger partial charge in [0.25, 0.3) is 0 Å². The summed E-state index contributed by atoms with van der Waals surface area (Å²) in [5.41, 5.74) is 0.548. The number of ether oxygens (including phenoxy) is 1. The van der Waals surface area contributed by atoms with Crippen LogP contribution in [-0.4, -0.2) is 24.9 Å². The Morgan fingerprint density at radius 1 is 1.36 bits per heavy atom. The maximum Gasteiger partial charge on any atom is 0.201 e. The molecular formula is C13H10Cl2N2O3S2. The van der Waals surface area contributed by atoms with Gasteiger partial charge in [0, 0.05) is 11.6 Å². The summed E-state index contributed by atoms with van der Waals surface area (Å²) < 4.78 is 31.8. The van der Waals surface area contributed by atoms with Crippen LogP contribution in [0.15, 0.2) is 34.8 Å². The molecule has 3 aromatic rings. The number of fused-ring (bicyclic) bond motifs is 1. The largest absolute Gasteiger partial charge is 0.495 e. The number of benzene rings is 1. The molecule has 2 aromatic heterocycles. The van der Waals surface area contributed by atoms with Gasteiger partial charge in [-0.25, -0.2) is 13.4 Å². The molecule has 0 radical (unpaired) electrons. The third-order valence-electron chi connectivity index (χ3n) is 3.05.